The molecule has 0 unspecified atom stereocenters. The standard InChI is InChI=1S/C20H21FN4O2/c21-17-8-4-3-7-16(17)18-12-22-14(11-23-18)13-24-9-10-25(20(27)19(24)26)15-5-1-2-6-15/h3-4,7-8,11-12,15H,1-2,5-6,9-10,13H2. The first-order valence-electron chi connectivity index (χ1n) is 9.29. The van der Waals surface area contributed by atoms with Gasteiger partial charge < -0.3 is 9.80 Å². The van der Waals surface area contributed by atoms with Crippen LogP contribution in [0.4, 0.5) is 4.39 Å². The molecular weight excluding hydrogens is 347 g/mol. The van der Waals surface area contributed by atoms with Gasteiger partial charge in [0.15, 0.2) is 0 Å². The molecule has 6 nitrogen and oxygen atoms in total. The Hall–Kier alpha value is -2.83. The summed E-state index contributed by atoms with van der Waals surface area (Å²) in [7, 11) is 0. The Balaban J connectivity index is 1.43. The maximum absolute atomic E-state index is 13.8. The summed E-state index contributed by atoms with van der Waals surface area (Å²) in [6, 6.07) is 6.59. The largest absolute Gasteiger partial charge is 0.330 e. The molecule has 0 spiro atoms. The van der Waals surface area contributed by atoms with E-state index in [1.54, 1.807) is 23.1 Å². The quantitative estimate of drug-likeness (QED) is 0.778. The van der Waals surface area contributed by atoms with Gasteiger partial charge in [-0.05, 0) is 25.0 Å². The van der Waals surface area contributed by atoms with E-state index < -0.39 is 11.8 Å². The SMILES string of the molecule is O=C1C(=O)N(C2CCCC2)CCN1Cc1cnc(-c2ccccc2F)cn1. The van der Waals surface area contributed by atoms with Crippen LogP contribution in [0, 0.1) is 5.82 Å². The Morgan fingerprint density at radius 2 is 1.78 bits per heavy atom. The number of benzene rings is 1. The van der Waals surface area contributed by atoms with E-state index in [2.05, 4.69) is 9.97 Å². The summed E-state index contributed by atoms with van der Waals surface area (Å²) >= 11 is 0. The van der Waals surface area contributed by atoms with Crippen LogP contribution < -0.4 is 0 Å². The van der Waals surface area contributed by atoms with Crippen LogP contribution in [0.15, 0.2) is 36.7 Å². The maximum Gasteiger partial charge on any atom is 0.312 e. The van der Waals surface area contributed by atoms with Crippen molar-refractivity contribution in [3.05, 3.63) is 48.2 Å². The first kappa shape index (κ1) is 17.6. The monoisotopic (exact) mass is 368 g/mol. The minimum Gasteiger partial charge on any atom is -0.330 e. The van der Waals surface area contributed by atoms with Crippen molar-refractivity contribution in [2.75, 3.05) is 13.1 Å². The lowest BCUT2D eigenvalue weighted by molar-refractivity contribution is -0.158. The lowest BCUT2D eigenvalue weighted by atomic mass is 10.1. The molecule has 1 saturated heterocycles. The average molecular weight is 368 g/mol. The van der Waals surface area contributed by atoms with Gasteiger partial charge in [0.25, 0.3) is 0 Å². The number of hydrogen-bond donors (Lipinski definition) is 0. The molecule has 1 aliphatic carbocycles. The second-order valence-corrected chi connectivity index (χ2v) is 7.04. The molecule has 4 rings (SSSR count). The molecule has 140 valence electrons. The number of piperazine rings is 1. The summed E-state index contributed by atoms with van der Waals surface area (Å²) in [6.45, 7) is 1.29. The molecule has 7 heteroatoms. The van der Waals surface area contributed by atoms with Gasteiger partial charge in [-0.1, -0.05) is 25.0 Å². The summed E-state index contributed by atoms with van der Waals surface area (Å²) in [5.74, 6) is -1.25. The second-order valence-electron chi connectivity index (χ2n) is 7.04. The molecule has 0 bridgehead atoms. The van der Waals surface area contributed by atoms with Crippen molar-refractivity contribution in [2.45, 2.75) is 38.3 Å². The van der Waals surface area contributed by atoms with E-state index in [0.29, 0.717) is 30.0 Å². The van der Waals surface area contributed by atoms with Crippen molar-refractivity contribution in [1.82, 2.24) is 19.8 Å². The number of amides is 2. The molecule has 1 aromatic carbocycles. The van der Waals surface area contributed by atoms with Gasteiger partial charge >= 0.3 is 11.8 Å². The third-order valence-corrected chi connectivity index (χ3v) is 5.32. The molecule has 1 saturated carbocycles. The van der Waals surface area contributed by atoms with Gasteiger partial charge in [-0.15, -0.1) is 0 Å². The van der Waals surface area contributed by atoms with E-state index >= 15 is 0 Å². The highest BCUT2D eigenvalue weighted by molar-refractivity contribution is 6.35. The molecule has 2 aliphatic rings. The van der Waals surface area contributed by atoms with Crippen molar-refractivity contribution in [3.8, 4) is 11.3 Å². The van der Waals surface area contributed by atoms with Crippen LogP contribution >= 0.6 is 0 Å². The number of carbonyl (C=O) groups excluding carboxylic acids is 2. The van der Waals surface area contributed by atoms with E-state index in [9.17, 15) is 14.0 Å². The lowest BCUT2D eigenvalue weighted by Crippen LogP contribution is -2.56. The predicted molar refractivity (Wildman–Crippen MR) is 96.8 cm³/mol. The fraction of sp³-hybridized carbons (Fsp3) is 0.400. The fourth-order valence-corrected chi connectivity index (χ4v) is 3.84. The summed E-state index contributed by atoms with van der Waals surface area (Å²) < 4.78 is 13.8. The molecule has 2 aromatic rings. The highest BCUT2D eigenvalue weighted by Crippen LogP contribution is 2.25. The van der Waals surface area contributed by atoms with Crippen LogP contribution in [-0.4, -0.2) is 50.7 Å². The van der Waals surface area contributed by atoms with Gasteiger partial charge in [0.05, 0.1) is 30.3 Å². The summed E-state index contributed by atoms with van der Waals surface area (Å²) in [6.07, 6.45) is 7.24. The van der Waals surface area contributed by atoms with E-state index in [1.165, 1.54) is 23.4 Å². The van der Waals surface area contributed by atoms with Crippen molar-refractivity contribution < 1.29 is 14.0 Å². The molecule has 2 heterocycles. The van der Waals surface area contributed by atoms with Gasteiger partial charge in [-0.2, -0.15) is 0 Å². The maximum atomic E-state index is 13.8. The van der Waals surface area contributed by atoms with E-state index in [1.807, 2.05) is 0 Å². The Kier molecular flexibility index (Phi) is 4.83. The summed E-state index contributed by atoms with van der Waals surface area (Å²) in [4.78, 5) is 36.7. The topological polar surface area (TPSA) is 66.4 Å². The van der Waals surface area contributed by atoms with Crippen molar-refractivity contribution in [3.63, 3.8) is 0 Å². The van der Waals surface area contributed by atoms with Crippen molar-refractivity contribution in [2.24, 2.45) is 0 Å². The highest BCUT2D eigenvalue weighted by Gasteiger charge is 2.37. The van der Waals surface area contributed by atoms with Crippen LogP contribution in [0.2, 0.25) is 0 Å². The number of rotatable bonds is 4. The van der Waals surface area contributed by atoms with Gasteiger partial charge in [-0.25, -0.2) is 4.39 Å². The number of hydrogen-bond acceptors (Lipinski definition) is 4. The molecular formula is C20H21FN4O2. The van der Waals surface area contributed by atoms with Gasteiger partial charge in [0.2, 0.25) is 0 Å². The van der Waals surface area contributed by atoms with Crippen LogP contribution in [0.3, 0.4) is 0 Å². The Morgan fingerprint density at radius 3 is 2.48 bits per heavy atom. The zero-order valence-corrected chi connectivity index (χ0v) is 15.0. The van der Waals surface area contributed by atoms with Crippen molar-refractivity contribution in [1.29, 1.82) is 0 Å². The lowest BCUT2D eigenvalue weighted by Gasteiger charge is -2.37. The predicted octanol–water partition coefficient (Wildman–Crippen LogP) is 2.40. The normalized spacial score (nSPS) is 18.4. The van der Waals surface area contributed by atoms with Gasteiger partial charge in [0.1, 0.15) is 5.82 Å². The van der Waals surface area contributed by atoms with Crippen LogP contribution in [0.5, 0.6) is 0 Å². The third kappa shape index (κ3) is 3.54. The van der Waals surface area contributed by atoms with Gasteiger partial charge in [0, 0.05) is 24.7 Å². The van der Waals surface area contributed by atoms with Crippen LogP contribution in [0.25, 0.3) is 11.3 Å². The van der Waals surface area contributed by atoms with E-state index in [0.717, 1.165) is 25.7 Å². The van der Waals surface area contributed by atoms with Crippen LogP contribution in [-0.2, 0) is 16.1 Å². The minimum absolute atomic E-state index is 0.212. The highest BCUT2D eigenvalue weighted by atomic mass is 19.1. The zero-order chi connectivity index (χ0) is 18.8. The number of halogens is 1. The molecule has 2 fully saturated rings. The summed E-state index contributed by atoms with van der Waals surface area (Å²) in [5.41, 5.74) is 1.39. The van der Waals surface area contributed by atoms with E-state index in [-0.39, 0.29) is 18.4 Å². The second kappa shape index (κ2) is 7.42. The summed E-state index contributed by atoms with van der Waals surface area (Å²) in [5, 5.41) is 0. The van der Waals surface area contributed by atoms with Crippen LogP contribution in [0.1, 0.15) is 31.4 Å². The fourth-order valence-electron chi connectivity index (χ4n) is 3.84. The first-order chi connectivity index (χ1) is 13.1. The Bertz CT molecular complexity index is 849. The molecule has 27 heavy (non-hydrogen) atoms. The first-order valence-corrected chi connectivity index (χ1v) is 9.29. The molecule has 0 radical (unpaired) electrons. The number of nitrogens with zero attached hydrogens (tertiary/aromatic N) is 4. The van der Waals surface area contributed by atoms with Gasteiger partial charge in [-0.3, -0.25) is 19.6 Å². The smallest absolute Gasteiger partial charge is 0.312 e. The minimum atomic E-state index is -0.479. The molecule has 2 amide bonds. The molecule has 1 aliphatic heterocycles. The van der Waals surface area contributed by atoms with Crippen molar-refractivity contribution >= 4 is 11.8 Å². The number of aromatic nitrogens is 2. The van der Waals surface area contributed by atoms with E-state index in [4.69, 9.17) is 0 Å². The zero-order valence-electron chi connectivity index (χ0n) is 15.0. The third-order valence-electron chi connectivity index (χ3n) is 5.32. The Morgan fingerprint density at radius 1 is 1.00 bits per heavy atom. The molecule has 0 atom stereocenters. The number of carbonyl (C=O) groups is 2. The molecule has 0 N–H and O–H groups in total. The molecule has 1 aromatic heterocycles. The Labute approximate surface area is 157 Å². The average Bonchev–Trinajstić information content (AvgIpc) is 3.21.